The molecule has 0 radical (unpaired) electrons. The van der Waals surface area contributed by atoms with E-state index in [1.807, 2.05) is 30.4 Å². The van der Waals surface area contributed by atoms with Gasteiger partial charge in [0.15, 0.2) is 0 Å². The molecule has 2 aliphatic rings. The van der Waals surface area contributed by atoms with E-state index in [2.05, 4.69) is 5.32 Å². The van der Waals surface area contributed by atoms with E-state index in [1.165, 1.54) is 0 Å². The monoisotopic (exact) mass is 267 g/mol. The highest BCUT2D eigenvalue weighted by atomic mass is 16.3. The SMILES string of the molecule is O=C1CC2=C/C(=C/c3ccc(O)cc3)CC=C2C(=O)N1. The van der Waals surface area contributed by atoms with E-state index in [9.17, 15) is 14.7 Å². The van der Waals surface area contributed by atoms with Crippen LogP contribution in [-0.2, 0) is 9.59 Å². The van der Waals surface area contributed by atoms with E-state index in [0.717, 1.165) is 16.7 Å². The lowest BCUT2D eigenvalue weighted by atomic mass is 9.88. The summed E-state index contributed by atoms with van der Waals surface area (Å²) in [5.74, 6) is -0.341. The molecule has 1 aromatic carbocycles. The Bertz CT molecular complexity index is 678. The van der Waals surface area contributed by atoms with Gasteiger partial charge in [-0.05, 0) is 35.3 Å². The number of hydrogen-bond acceptors (Lipinski definition) is 3. The molecule has 1 aliphatic heterocycles. The molecular formula is C16H13NO3. The van der Waals surface area contributed by atoms with Crippen LogP contribution in [0, 0.1) is 0 Å². The molecule has 100 valence electrons. The quantitative estimate of drug-likeness (QED) is 0.765. The lowest BCUT2D eigenvalue weighted by Gasteiger charge is -2.21. The number of benzene rings is 1. The second-order valence-electron chi connectivity index (χ2n) is 4.86. The number of aromatic hydroxyl groups is 1. The van der Waals surface area contributed by atoms with Gasteiger partial charge in [-0.2, -0.15) is 0 Å². The number of nitrogens with one attached hydrogen (secondary N) is 1. The van der Waals surface area contributed by atoms with E-state index in [-0.39, 0.29) is 24.0 Å². The van der Waals surface area contributed by atoms with Crippen molar-refractivity contribution in [3.63, 3.8) is 0 Å². The minimum Gasteiger partial charge on any atom is -0.508 e. The number of rotatable bonds is 1. The molecule has 1 fully saturated rings. The van der Waals surface area contributed by atoms with Crippen molar-refractivity contribution in [3.8, 4) is 5.75 Å². The van der Waals surface area contributed by atoms with E-state index < -0.39 is 0 Å². The van der Waals surface area contributed by atoms with Gasteiger partial charge in [-0.15, -0.1) is 0 Å². The summed E-state index contributed by atoms with van der Waals surface area (Å²) in [6.07, 6.45) is 6.63. The van der Waals surface area contributed by atoms with Gasteiger partial charge in [-0.3, -0.25) is 14.9 Å². The predicted octanol–water partition coefficient (Wildman–Crippen LogP) is 2.08. The van der Waals surface area contributed by atoms with Gasteiger partial charge in [0, 0.05) is 5.57 Å². The zero-order valence-electron chi connectivity index (χ0n) is 10.7. The summed E-state index contributed by atoms with van der Waals surface area (Å²) >= 11 is 0. The van der Waals surface area contributed by atoms with Gasteiger partial charge in [0.05, 0.1) is 6.42 Å². The Labute approximate surface area is 116 Å². The smallest absolute Gasteiger partial charge is 0.257 e. The summed E-state index contributed by atoms with van der Waals surface area (Å²) in [7, 11) is 0. The first kappa shape index (κ1) is 12.4. The zero-order chi connectivity index (χ0) is 14.1. The molecule has 1 aromatic rings. The molecule has 1 aliphatic carbocycles. The van der Waals surface area contributed by atoms with E-state index in [0.29, 0.717) is 12.0 Å². The lowest BCUT2D eigenvalue weighted by Crippen LogP contribution is -2.37. The molecule has 4 nitrogen and oxygen atoms in total. The van der Waals surface area contributed by atoms with Crippen LogP contribution >= 0.6 is 0 Å². The van der Waals surface area contributed by atoms with Crippen molar-refractivity contribution in [2.75, 3.05) is 0 Å². The second-order valence-corrected chi connectivity index (χ2v) is 4.86. The molecular weight excluding hydrogens is 254 g/mol. The van der Waals surface area contributed by atoms with Crippen LogP contribution in [0.2, 0.25) is 0 Å². The van der Waals surface area contributed by atoms with Gasteiger partial charge >= 0.3 is 0 Å². The van der Waals surface area contributed by atoms with Crippen molar-refractivity contribution in [1.29, 1.82) is 0 Å². The highest BCUT2D eigenvalue weighted by molar-refractivity contribution is 6.12. The molecule has 4 heteroatoms. The van der Waals surface area contributed by atoms with Gasteiger partial charge in [0.2, 0.25) is 5.91 Å². The molecule has 0 saturated carbocycles. The van der Waals surface area contributed by atoms with E-state index >= 15 is 0 Å². The first-order valence-corrected chi connectivity index (χ1v) is 6.37. The number of amides is 2. The molecule has 0 bridgehead atoms. The van der Waals surface area contributed by atoms with Gasteiger partial charge in [-0.25, -0.2) is 0 Å². The number of hydrogen-bond donors (Lipinski definition) is 2. The maximum absolute atomic E-state index is 11.7. The first-order chi connectivity index (χ1) is 9.61. The van der Waals surface area contributed by atoms with Crippen LogP contribution in [0.3, 0.4) is 0 Å². The van der Waals surface area contributed by atoms with Crippen LogP contribution in [0.5, 0.6) is 5.75 Å². The highest BCUT2D eigenvalue weighted by Gasteiger charge is 2.26. The van der Waals surface area contributed by atoms with Crippen LogP contribution in [0.25, 0.3) is 6.08 Å². The Morgan fingerprint density at radius 2 is 1.90 bits per heavy atom. The van der Waals surface area contributed by atoms with Crippen molar-refractivity contribution in [2.24, 2.45) is 0 Å². The number of fused-ring (bicyclic) bond motifs is 1. The van der Waals surface area contributed by atoms with Crippen LogP contribution in [-0.4, -0.2) is 16.9 Å². The summed E-state index contributed by atoms with van der Waals surface area (Å²) in [6, 6.07) is 6.89. The van der Waals surface area contributed by atoms with E-state index in [4.69, 9.17) is 0 Å². The fourth-order valence-electron chi connectivity index (χ4n) is 2.39. The number of imide groups is 1. The lowest BCUT2D eigenvalue weighted by molar-refractivity contribution is -0.129. The average molecular weight is 267 g/mol. The molecule has 0 aromatic heterocycles. The van der Waals surface area contributed by atoms with Crippen LogP contribution in [0.4, 0.5) is 0 Å². The molecule has 0 unspecified atom stereocenters. The van der Waals surface area contributed by atoms with Crippen molar-refractivity contribution in [3.05, 3.63) is 58.7 Å². The number of phenols is 1. The Morgan fingerprint density at radius 3 is 2.65 bits per heavy atom. The number of allylic oxidation sites excluding steroid dienone is 3. The fourth-order valence-corrected chi connectivity index (χ4v) is 2.39. The average Bonchev–Trinajstić information content (AvgIpc) is 2.41. The minimum atomic E-state index is -0.309. The Balaban J connectivity index is 1.90. The molecule has 3 rings (SSSR count). The summed E-state index contributed by atoms with van der Waals surface area (Å²) in [4.78, 5) is 23.0. The summed E-state index contributed by atoms with van der Waals surface area (Å²) in [6.45, 7) is 0. The maximum Gasteiger partial charge on any atom is 0.257 e. The van der Waals surface area contributed by atoms with E-state index in [1.54, 1.807) is 12.1 Å². The minimum absolute atomic E-state index is 0.228. The zero-order valence-corrected chi connectivity index (χ0v) is 10.7. The standard InChI is InChI=1S/C16H13NO3/c18-13-4-1-10(2-5-13)7-11-3-6-14-12(8-11)9-15(19)17-16(14)20/h1-2,4-8,18H,3,9H2,(H,17,19,20)/b11-7+. The molecule has 20 heavy (non-hydrogen) atoms. The molecule has 1 heterocycles. The van der Waals surface area contributed by atoms with Crippen molar-refractivity contribution in [2.45, 2.75) is 12.8 Å². The molecule has 1 saturated heterocycles. The van der Waals surface area contributed by atoms with Gasteiger partial charge in [0.1, 0.15) is 5.75 Å². The summed E-state index contributed by atoms with van der Waals surface area (Å²) in [5, 5.41) is 11.6. The first-order valence-electron chi connectivity index (χ1n) is 6.37. The molecule has 2 amide bonds. The molecule has 0 atom stereocenters. The van der Waals surface area contributed by atoms with Crippen molar-refractivity contribution >= 4 is 17.9 Å². The summed E-state index contributed by atoms with van der Waals surface area (Å²) < 4.78 is 0. The second kappa shape index (κ2) is 4.81. The Hall–Kier alpha value is -2.62. The Morgan fingerprint density at radius 1 is 1.15 bits per heavy atom. The molecule has 0 spiro atoms. The molecule has 2 N–H and O–H groups in total. The summed E-state index contributed by atoms with van der Waals surface area (Å²) in [5.41, 5.74) is 3.39. The van der Waals surface area contributed by atoms with Gasteiger partial charge in [-0.1, -0.05) is 30.4 Å². The predicted molar refractivity (Wildman–Crippen MR) is 74.6 cm³/mol. The van der Waals surface area contributed by atoms with Crippen LogP contribution in [0.1, 0.15) is 18.4 Å². The van der Waals surface area contributed by atoms with Gasteiger partial charge < -0.3 is 5.11 Å². The van der Waals surface area contributed by atoms with Crippen LogP contribution in [0.15, 0.2) is 53.1 Å². The number of piperidine rings is 1. The largest absolute Gasteiger partial charge is 0.508 e. The topological polar surface area (TPSA) is 66.4 Å². The van der Waals surface area contributed by atoms with Crippen molar-refractivity contribution < 1.29 is 14.7 Å². The van der Waals surface area contributed by atoms with Gasteiger partial charge in [0.25, 0.3) is 5.91 Å². The third-order valence-corrected chi connectivity index (χ3v) is 3.34. The highest BCUT2D eigenvalue weighted by Crippen LogP contribution is 2.28. The number of carbonyl (C=O) groups is 2. The Kier molecular flexibility index (Phi) is 2.99. The third-order valence-electron chi connectivity index (χ3n) is 3.34. The normalized spacial score (nSPS) is 20.1. The number of carbonyl (C=O) groups excluding carboxylic acids is 2. The third kappa shape index (κ3) is 2.40. The van der Waals surface area contributed by atoms with Crippen molar-refractivity contribution in [1.82, 2.24) is 5.32 Å². The fraction of sp³-hybridized carbons (Fsp3) is 0.125. The number of phenolic OH excluding ortho intramolecular Hbond substituents is 1. The maximum atomic E-state index is 11.7. The van der Waals surface area contributed by atoms with Crippen LogP contribution < -0.4 is 5.32 Å².